The largest absolute Gasteiger partial charge is 0.391 e. The van der Waals surface area contributed by atoms with E-state index in [0.29, 0.717) is 19.3 Å². The second kappa shape index (κ2) is 3.85. The van der Waals surface area contributed by atoms with Crippen LogP contribution in [0.5, 0.6) is 0 Å². The van der Waals surface area contributed by atoms with Gasteiger partial charge in [-0.15, -0.1) is 0 Å². The van der Waals surface area contributed by atoms with Gasteiger partial charge in [-0.2, -0.15) is 8.78 Å². The number of hydrogen-bond acceptors (Lipinski definition) is 3. The number of sulfonamides is 1. The number of aliphatic hydroxyl groups is 1. The lowest BCUT2D eigenvalue weighted by molar-refractivity contribution is 0.156. The number of aliphatic hydroxyl groups excluding tert-OH is 1. The Morgan fingerprint density at radius 3 is 2.38 bits per heavy atom. The number of hydrogen-bond donors (Lipinski definition) is 2. The monoisotopic (exact) mass is 215 g/mol. The van der Waals surface area contributed by atoms with E-state index in [9.17, 15) is 17.2 Å². The van der Waals surface area contributed by atoms with E-state index in [-0.39, 0.29) is 0 Å². The van der Waals surface area contributed by atoms with Crippen molar-refractivity contribution in [2.24, 2.45) is 0 Å². The summed E-state index contributed by atoms with van der Waals surface area (Å²) in [6, 6.07) is -0.751. The molecule has 78 valence electrons. The summed E-state index contributed by atoms with van der Waals surface area (Å²) >= 11 is 0. The summed E-state index contributed by atoms with van der Waals surface area (Å²) in [6.45, 7) is 0. The van der Waals surface area contributed by atoms with Crippen molar-refractivity contribution in [3.63, 3.8) is 0 Å². The summed E-state index contributed by atoms with van der Waals surface area (Å²) in [7, 11) is -4.56. The predicted octanol–water partition coefficient (Wildman–Crippen LogP) is 0.0418. The van der Waals surface area contributed by atoms with Gasteiger partial charge in [0.25, 0.3) is 10.0 Å². The minimum atomic E-state index is -4.56. The second-order valence-corrected chi connectivity index (χ2v) is 4.71. The van der Waals surface area contributed by atoms with Gasteiger partial charge in [-0.25, -0.2) is 13.1 Å². The highest BCUT2D eigenvalue weighted by molar-refractivity contribution is 7.89. The van der Waals surface area contributed by atoms with E-state index in [0.717, 1.165) is 0 Å². The molecule has 0 saturated heterocycles. The van der Waals surface area contributed by atoms with Crippen LogP contribution in [0.15, 0.2) is 0 Å². The van der Waals surface area contributed by atoms with Crippen LogP contribution in [0.1, 0.15) is 19.3 Å². The maximum absolute atomic E-state index is 11.9. The van der Waals surface area contributed by atoms with Crippen LogP contribution < -0.4 is 4.72 Å². The fraction of sp³-hybridized carbons (Fsp3) is 1.00. The Labute approximate surface area is 75.0 Å². The minimum absolute atomic E-state index is 0.410. The first-order valence-electron chi connectivity index (χ1n) is 3.91. The number of rotatable bonds is 3. The summed E-state index contributed by atoms with van der Waals surface area (Å²) in [4.78, 5) is 0. The molecular formula is C6H11F2NO3S. The van der Waals surface area contributed by atoms with Crippen LogP contribution in [0.2, 0.25) is 0 Å². The first-order chi connectivity index (χ1) is 5.93. The molecule has 1 aliphatic carbocycles. The van der Waals surface area contributed by atoms with Gasteiger partial charge in [0.15, 0.2) is 0 Å². The third kappa shape index (κ3) is 2.58. The van der Waals surface area contributed by atoms with E-state index in [1.165, 1.54) is 0 Å². The Hall–Kier alpha value is -0.270. The quantitative estimate of drug-likeness (QED) is 0.698. The topological polar surface area (TPSA) is 66.4 Å². The summed E-state index contributed by atoms with van der Waals surface area (Å²) in [5.41, 5.74) is 0. The van der Waals surface area contributed by atoms with E-state index in [1.54, 1.807) is 4.72 Å². The van der Waals surface area contributed by atoms with Gasteiger partial charge in [-0.05, 0) is 19.3 Å². The third-order valence-corrected chi connectivity index (χ3v) is 3.13. The van der Waals surface area contributed by atoms with Crippen LogP contribution in [-0.4, -0.2) is 31.4 Å². The summed E-state index contributed by atoms with van der Waals surface area (Å²) < 4.78 is 46.8. The molecule has 4 nitrogen and oxygen atoms in total. The van der Waals surface area contributed by atoms with Gasteiger partial charge in [0, 0.05) is 6.04 Å². The average Bonchev–Trinajstić information content (AvgIpc) is 2.35. The van der Waals surface area contributed by atoms with E-state index in [2.05, 4.69) is 0 Å². The highest BCUT2D eigenvalue weighted by Gasteiger charge is 2.33. The highest BCUT2D eigenvalue weighted by atomic mass is 32.2. The van der Waals surface area contributed by atoms with Gasteiger partial charge < -0.3 is 5.11 Å². The molecule has 2 atom stereocenters. The van der Waals surface area contributed by atoms with Crippen molar-refractivity contribution < 1.29 is 22.3 Å². The Kier molecular flexibility index (Phi) is 3.20. The van der Waals surface area contributed by atoms with Crippen LogP contribution in [0.4, 0.5) is 8.78 Å². The zero-order valence-corrected chi connectivity index (χ0v) is 7.60. The molecule has 2 N–H and O–H groups in total. The van der Waals surface area contributed by atoms with Gasteiger partial charge in [0.1, 0.15) is 0 Å². The molecular weight excluding hydrogens is 204 g/mol. The molecule has 13 heavy (non-hydrogen) atoms. The van der Waals surface area contributed by atoms with Crippen molar-refractivity contribution in [1.29, 1.82) is 0 Å². The van der Waals surface area contributed by atoms with Crippen molar-refractivity contribution in [3.05, 3.63) is 0 Å². The Morgan fingerprint density at radius 1 is 1.38 bits per heavy atom. The Morgan fingerprint density at radius 2 is 2.00 bits per heavy atom. The number of alkyl halides is 2. The lowest BCUT2D eigenvalue weighted by Crippen LogP contribution is -2.42. The molecule has 0 radical (unpaired) electrons. The molecule has 1 saturated carbocycles. The number of halogens is 2. The van der Waals surface area contributed by atoms with Crippen molar-refractivity contribution in [2.45, 2.75) is 37.2 Å². The lowest BCUT2D eigenvalue weighted by Gasteiger charge is -2.15. The molecule has 0 heterocycles. The Bertz CT molecular complexity index is 267. The van der Waals surface area contributed by atoms with Gasteiger partial charge in [-0.1, -0.05) is 0 Å². The van der Waals surface area contributed by atoms with Crippen LogP contribution in [0.25, 0.3) is 0 Å². The molecule has 0 spiro atoms. The van der Waals surface area contributed by atoms with Gasteiger partial charge >= 0.3 is 5.76 Å². The van der Waals surface area contributed by atoms with Crippen LogP contribution in [0, 0.1) is 0 Å². The molecule has 0 aromatic rings. The maximum atomic E-state index is 11.9. The molecule has 7 heteroatoms. The van der Waals surface area contributed by atoms with Crippen LogP contribution in [0.3, 0.4) is 0 Å². The molecule has 0 amide bonds. The van der Waals surface area contributed by atoms with E-state index in [4.69, 9.17) is 5.11 Å². The zero-order valence-electron chi connectivity index (χ0n) is 6.78. The van der Waals surface area contributed by atoms with Crippen molar-refractivity contribution >= 4 is 10.0 Å². The standard InChI is InChI=1S/C6H11F2NO3S/c7-6(8)13(11,12)9-4-2-1-3-5(4)10/h4-6,9-10H,1-3H2. The second-order valence-electron chi connectivity index (χ2n) is 3.03. The SMILES string of the molecule is O=S(=O)(NC1CCCC1O)C(F)F. The summed E-state index contributed by atoms with van der Waals surface area (Å²) in [6.07, 6.45) is 0.676. The van der Waals surface area contributed by atoms with Crippen molar-refractivity contribution in [3.8, 4) is 0 Å². The fourth-order valence-electron chi connectivity index (χ4n) is 1.34. The van der Waals surface area contributed by atoms with E-state index < -0.39 is 27.9 Å². The molecule has 0 bridgehead atoms. The molecule has 1 fully saturated rings. The highest BCUT2D eigenvalue weighted by Crippen LogP contribution is 2.20. The van der Waals surface area contributed by atoms with Crippen LogP contribution in [-0.2, 0) is 10.0 Å². The third-order valence-electron chi connectivity index (χ3n) is 2.03. The molecule has 0 aromatic carbocycles. The van der Waals surface area contributed by atoms with Gasteiger partial charge in [-0.3, -0.25) is 0 Å². The lowest BCUT2D eigenvalue weighted by atomic mass is 10.2. The summed E-state index contributed by atoms with van der Waals surface area (Å²) in [5, 5.41) is 9.16. The van der Waals surface area contributed by atoms with Crippen molar-refractivity contribution in [2.75, 3.05) is 0 Å². The van der Waals surface area contributed by atoms with E-state index in [1.807, 2.05) is 0 Å². The maximum Gasteiger partial charge on any atom is 0.350 e. The summed E-state index contributed by atoms with van der Waals surface area (Å²) in [5.74, 6) is -3.43. The molecule has 2 unspecified atom stereocenters. The normalized spacial score (nSPS) is 29.8. The Balaban J connectivity index is 2.58. The smallest absolute Gasteiger partial charge is 0.350 e. The zero-order chi connectivity index (χ0) is 10.1. The fourth-order valence-corrected chi connectivity index (χ4v) is 2.14. The van der Waals surface area contributed by atoms with Crippen molar-refractivity contribution in [1.82, 2.24) is 4.72 Å². The number of nitrogens with one attached hydrogen (secondary N) is 1. The van der Waals surface area contributed by atoms with Gasteiger partial charge in [0.05, 0.1) is 6.10 Å². The molecule has 0 aromatic heterocycles. The molecule has 1 aliphatic rings. The average molecular weight is 215 g/mol. The predicted molar refractivity (Wildman–Crippen MR) is 41.7 cm³/mol. The first-order valence-corrected chi connectivity index (χ1v) is 5.45. The van der Waals surface area contributed by atoms with Crippen LogP contribution >= 0.6 is 0 Å². The minimum Gasteiger partial charge on any atom is -0.391 e. The molecule has 1 rings (SSSR count). The van der Waals surface area contributed by atoms with E-state index >= 15 is 0 Å². The molecule has 0 aliphatic heterocycles. The van der Waals surface area contributed by atoms with Gasteiger partial charge in [0.2, 0.25) is 0 Å². The first kappa shape index (κ1) is 10.8.